The number of nitrogens with zero attached hydrogens (tertiary/aromatic N) is 3. The third-order valence-corrected chi connectivity index (χ3v) is 4.82. The van der Waals surface area contributed by atoms with Gasteiger partial charge in [0.15, 0.2) is 0 Å². The molecule has 134 valence electrons. The number of anilines is 1. The Balaban J connectivity index is 1.70. The number of piperazine rings is 1. The van der Waals surface area contributed by atoms with Crippen molar-refractivity contribution in [2.75, 3.05) is 18.0 Å². The van der Waals surface area contributed by atoms with Gasteiger partial charge in [0.25, 0.3) is 0 Å². The van der Waals surface area contributed by atoms with Crippen molar-refractivity contribution >= 4 is 22.7 Å². The number of fused-ring (bicyclic) bond motifs is 1. The summed E-state index contributed by atoms with van der Waals surface area (Å²) in [5, 5.41) is 12.7. The molecule has 0 saturated carbocycles. The second-order valence-electron chi connectivity index (χ2n) is 7.02. The van der Waals surface area contributed by atoms with E-state index < -0.39 is 5.97 Å². The number of hydrogen-bond acceptors (Lipinski definition) is 4. The van der Waals surface area contributed by atoms with Gasteiger partial charge in [-0.15, -0.1) is 0 Å². The molecular weight excluding hydrogens is 328 g/mol. The molecule has 1 aromatic heterocycles. The molecule has 0 bridgehead atoms. The Morgan fingerprint density at radius 3 is 2.58 bits per heavy atom. The number of benzene rings is 2. The van der Waals surface area contributed by atoms with Gasteiger partial charge in [-0.3, -0.25) is 4.57 Å². The molecule has 0 radical (unpaired) electrons. The number of aromatic nitrogens is 2. The summed E-state index contributed by atoms with van der Waals surface area (Å²) < 4.78 is 2.00. The minimum atomic E-state index is -0.939. The van der Waals surface area contributed by atoms with E-state index in [1.54, 1.807) is 18.5 Å². The van der Waals surface area contributed by atoms with Gasteiger partial charge in [-0.1, -0.05) is 6.07 Å². The topological polar surface area (TPSA) is 70.4 Å². The van der Waals surface area contributed by atoms with Crippen LogP contribution in [-0.2, 0) is 0 Å². The van der Waals surface area contributed by atoms with Crippen LogP contribution >= 0.6 is 0 Å². The second-order valence-corrected chi connectivity index (χ2v) is 7.02. The summed E-state index contributed by atoms with van der Waals surface area (Å²) in [6.45, 7) is 6.35. The van der Waals surface area contributed by atoms with Gasteiger partial charge in [0.2, 0.25) is 0 Å². The molecule has 2 heterocycles. The van der Waals surface area contributed by atoms with Gasteiger partial charge < -0.3 is 15.3 Å². The average Bonchev–Trinajstić information content (AvgIpc) is 3.04. The van der Waals surface area contributed by atoms with Crippen LogP contribution in [0.2, 0.25) is 0 Å². The number of nitrogens with one attached hydrogen (secondary N) is 1. The third kappa shape index (κ3) is 3.04. The molecule has 26 heavy (non-hydrogen) atoms. The maximum Gasteiger partial charge on any atom is 0.335 e. The molecule has 1 aliphatic heterocycles. The Morgan fingerprint density at radius 2 is 1.85 bits per heavy atom. The Morgan fingerprint density at radius 1 is 1.12 bits per heavy atom. The first-order valence-corrected chi connectivity index (χ1v) is 8.83. The Hall–Kier alpha value is -2.86. The van der Waals surface area contributed by atoms with Crippen molar-refractivity contribution in [2.24, 2.45) is 0 Å². The lowest BCUT2D eigenvalue weighted by Crippen LogP contribution is -2.54. The SMILES string of the molecule is CC1CN(c2cccc(-n3cnc4cc(C(=O)O)ccc43)c2)CC(C)N1. The lowest BCUT2D eigenvalue weighted by Gasteiger charge is -2.37. The van der Waals surface area contributed by atoms with E-state index in [1.807, 2.05) is 16.7 Å². The zero-order valence-electron chi connectivity index (χ0n) is 14.9. The van der Waals surface area contributed by atoms with Crippen molar-refractivity contribution in [1.29, 1.82) is 0 Å². The first-order chi connectivity index (χ1) is 12.5. The van der Waals surface area contributed by atoms with Crippen molar-refractivity contribution in [3.8, 4) is 5.69 Å². The van der Waals surface area contributed by atoms with E-state index in [0.717, 1.165) is 24.3 Å². The van der Waals surface area contributed by atoms with Gasteiger partial charge in [0.05, 0.1) is 16.6 Å². The molecule has 6 nitrogen and oxygen atoms in total. The van der Waals surface area contributed by atoms with E-state index in [-0.39, 0.29) is 5.56 Å². The van der Waals surface area contributed by atoms with Gasteiger partial charge in [-0.05, 0) is 50.2 Å². The highest BCUT2D eigenvalue weighted by Gasteiger charge is 2.21. The number of carbonyl (C=O) groups is 1. The molecule has 1 fully saturated rings. The number of aromatic carboxylic acids is 1. The summed E-state index contributed by atoms with van der Waals surface area (Å²) >= 11 is 0. The Labute approximate surface area is 152 Å². The van der Waals surface area contributed by atoms with Crippen LogP contribution in [0.4, 0.5) is 5.69 Å². The average molecular weight is 350 g/mol. The summed E-state index contributed by atoms with van der Waals surface area (Å²) in [5.74, 6) is -0.939. The van der Waals surface area contributed by atoms with Gasteiger partial charge in [0, 0.05) is 36.5 Å². The fraction of sp³-hybridized carbons (Fsp3) is 0.300. The highest BCUT2D eigenvalue weighted by Crippen LogP contribution is 2.24. The third-order valence-electron chi connectivity index (χ3n) is 4.82. The number of imidazole rings is 1. The maximum atomic E-state index is 11.1. The zero-order chi connectivity index (χ0) is 18.3. The second kappa shape index (κ2) is 6.46. The van der Waals surface area contributed by atoms with Gasteiger partial charge >= 0.3 is 5.97 Å². The highest BCUT2D eigenvalue weighted by atomic mass is 16.4. The first-order valence-electron chi connectivity index (χ1n) is 8.83. The Bertz CT molecular complexity index is 955. The van der Waals surface area contributed by atoms with E-state index in [0.29, 0.717) is 17.6 Å². The van der Waals surface area contributed by atoms with Crippen LogP contribution < -0.4 is 10.2 Å². The summed E-state index contributed by atoms with van der Waals surface area (Å²) in [7, 11) is 0. The van der Waals surface area contributed by atoms with Crippen LogP contribution in [0.5, 0.6) is 0 Å². The summed E-state index contributed by atoms with van der Waals surface area (Å²) in [4.78, 5) is 17.9. The molecule has 2 atom stereocenters. The van der Waals surface area contributed by atoms with Gasteiger partial charge in [-0.2, -0.15) is 0 Å². The minimum Gasteiger partial charge on any atom is -0.478 e. The monoisotopic (exact) mass is 350 g/mol. The molecule has 1 aliphatic rings. The molecule has 2 N–H and O–H groups in total. The molecule has 3 aromatic rings. The van der Waals surface area contributed by atoms with Crippen molar-refractivity contribution < 1.29 is 9.90 Å². The smallest absolute Gasteiger partial charge is 0.335 e. The summed E-state index contributed by atoms with van der Waals surface area (Å²) in [6, 6.07) is 14.3. The van der Waals surface area contributed by atoms with E-state index in [9.17, 15) is 4.79 Å². The maximum absolute atomic E-state index is 11.1. The normalized spacial score (nSPS) is 20.5. The minimum absolute atomic E-state index is 0.250. The molecule has 0 spiro atoms. The van der Waals surface area contributed by atoms with Crippen molar-refractivity contribution in [2.45, 2.75) is 25.9 Å². The van der Waals surface area contributed by atoms with E-state index in [1.165, 1.54) is 5.69 Å². The number of hydrogen-bond donors (Lipinski definition) is 2. The van der Waals surface area contributed by atoms with Gasteiger partial charge in [-0.25, -0.2) is 9.78 Å². The highest BCUT2D eigenvalue weighted by molar-refractivity contribution is 5.92. The summed E-state index contributed by atoms with van der Waals surface area (Å²) in [5.41, 5.74) is 4.04. The van der Waals surface area contributed by atoms with Crippen LogP contribution in [0.25, 0.3) is 16.7 Å². The molecule has 0 aliphatic carbocycles. The predicted octanol–water partition coefficient (Wildman–Crippen LogP) is 2.91. The molecule has 2 unspecified atom stereocenters. The van der Waals surface area contributed by atoms with Crippen LogP contribution in [0.1, 0.15) is 24.2 Å². The number of rotatable bonds is 3. The largest absolute Gasteiger partial charge is 0.478 e. The van der Waals surface area contributed by atoms with Crippen molar-refractivity contribution in [1.82, 2.24) is 14.9 Å². The molecule has 6 heteroatoms. The summed E-state index contributed by atoms with van der Waals surface area (Å²) in [6.07, 6.45) is 1.75. The molecular formula is C20H22N4O2. The van der Waals surface area contributed by atoms with Gasteiger partial charge in [0.1, 0.15) is 6.33 Å². The Kier molecular flexibility index (Phi) is 4.12. The lowest BCUT2D eigenvalue weighted by molar-refractivity contribution is 0.0697. The van der Waals surface area contributed by atoms with E-state index >= 15 is 0 Å². The van der Waals surface area contributed by atoms with Crippen LogP contribution in [0.15, 0.2) is 48.8 Å². The number of carboxylic acid groups (broad SMARTS) is 1. The molecule has 2 aromatic carbocycles. The fourth-order valence-corrected chi connectivity index (χ4v) is 3.73. The predicted molar refractivity (Wildman–Crippen MR) is 102 cm³/mol. The van der Waals surface area contributed by atoms with Crippen LogP contribution in [0.3, 0.4) is 0 Å². The first kappa shape index (κ1) is 16.6. The van der Waals surface area contributed by atoms with Crippen LogP contribution in [-0.4, -0.2) is 45.8 Å². The van der Waals surface area contributed by atoms with Crippen molar-refractivity contribution in [3.63, 3.8) is 0 Å². The zero-order valence-corrected chi connectivity index (χ0v) is 14.9. The lowest BCUT2D eigenvalue weighted by atomic mass is 10.1. The molecule has 1 saturated heterocycles. The van der Waals surface area contributed by atoms with E-state index in [4.69, 9.17) is 5.11 Å². The quantitative estimate of drug-likeness (QED) is 0.760. The standard InChI is InChI=1S/C20H22N4O2/c1-13-10-23(11-14(2)22-13)16-4-3-5-17(9-16)24-12-21-18-8-15(20(25)26)6-7-19(18)24/h3-9,12-14,22H,10-11H2,1-2H3,(H,25,26). The number of carboxylic acids is 1. The fourth-order valence-electron chi connectivity index (χ4n) is 3.73. The van der Waals surface area contributed by atoms with E-state index in [2.05, 4.69) is 47.2 Å². The molecule has 4 rings (SSSR count). The molecule has 0 amide bonds. The van der Waals surface area contributed by atoms with Crippen molar-refractivity contribution in [3.05, 3.63) is 54.4 Å². The van der Waals surface area contributed by atoms with Crippen LogP contribution in [0, 0.1) is 0 Å².